The number of furan rings is 1. The normalized spacial score (nSPS) is 13.0. The lowest BCUT2D eigenvalue weighted by Crippen LogP contribution is -2.49. The second-order valence-electron chi connectivity index (χ2n) is 14.0. The van der Waals surface area contributed by atoms with Gasteiger partial charge >= 0.3 is 0 Å². The van der Waals surface area contributed by atoms with Crippen molar-refractivity contribution in [2.24, 2.45) is 0 Å². The van der Waals surface area contributed by atoms with E-state index in [0.717, 1.165) is 55.3 Å². The zero-order valence-electron chi connectivity index (χ0n) is 28.8. The van der Waals surface area contributed by atoms with Gasteiger partial charge in [-0.2, -0.15) is 0 Å². The van der Waals surface area contributed by atoms with Crippen molar-refractivity contribution >= 4 is 40.4 Å². The summed E-state index contributed by atoms with van der Waals surface area (Å²) in [5, 5.41) is 4.87. The predicted octanol–water partition coefficient (Wildman–Crippen LogP) is 10.9. The second kappa shape index (κ2) is 11.8. The Labute approximate surface area is 303 Å². The highest BCUT2D eigenvalue weighted by molar-refractivity contribution is 7.04. The molecule has 52 heavy (non-hydrogen) atoms. The summed E-state index contributed by atoms with van der Waals surface area (Å²) in [5.74, 6) is 1.90. The van der Waals surface area contributed by atoms with Crippen molar-refractivity contribution < 1.29 is 4.42 Å². The SMILES string of the molecule is C[Si]1(C)c2ccccc2-c2c1cc(-c1nc(-c3ccc(-c4ccccc4)cc3)nc(-c3cccc(-c4ccccc4)c3)n1)c1c2oc2ccccc21. The quantitative estimate of drug-likeness (QED) is 0.169. The van der Waals surface area contributed by atoms with Crippen molar-refractivity contribution in [1.29, 1.82) is 0 Å². The lowest BCUT2D eigenvalue weighted by Gasteiger charge is -2.19. The van der Waals surface area contributed by atoms with Gasteiger partial charge in [-0.15, -0.1) is 0 Å². The molecule has 246 valence electrons. The summed E-state index contributed by atoms with van der Waals surface area (Å²) in [6.07, 6.45) is 0. The van der Waals surface area contributed by atoms with Crippen LogP contribution in [0.3, 0.4) is 0 Å². The maximum Gasteiger partial charge on any atom is 0.164 e. The van der Waals surface area contributed by atoms with Crippen molar-refractivity contribution in [3.05, 3.63) is 164 Å². The summed E-state index contributed by atoms with van der Waals surface area (Å²) in [6, 6.07) is 57.4. The fourth-order valence-electron chi connectivity index (χ4n) is 7.89. The van der Waals surface area contributed by atoms with Gasteiger partial charge in [-0.05, 0) is 56.4 Å². The number of hydrogen-bond donors (Lipinski definition) is 0. The minimum Gasteiger partial charge on any atom is -0.455 e. The second-order valence-corrected chi connectivity index (χ2v) is 18.3. The van der Waals surface area contributed by atoms with Crippen molar-refractivity contribution in [2.45, 2.75) is 13.1 Å². The van der Waals surface area contributed by atoms with E-state index in [4.69, 9.17) is 19.4 Å². The number of aromatic nitrogens is 3. The summed E-state index contributed by atoms with van der Waals surface area (Å²) >= 11 is 0. The van der Waals surface area contributed by atoms with E-state index in [9.17, 15) is 0 Å². The standard InChI is InChI=1S/C47H33N3OSi/c1-52(2)40-23-12-10-21-37(40)43-41(52)29-38(42-36-20-9-11-22-39(36)51-44(42)43)47-49-45(33-26-24-32(25-27-33)30-14-5-3-6-15-30)48-46(50-47)35-19-13-18-34(28-35)31-16-7-4-8-17-31/h3-29H,1-2H3. The van der Waals surface area contributed by atoms with E-state index in [-0.39, 0.29) is 0 Å². The molecule has 0 unspecified atom stereocenters. The molecule has 0 radical (unpaired) electrons. The summed E-state index contributed by atoms with van der Waals surface area (Å²) in [6.45, 7) is 4.87. The molecular formula is C47H33N3OSi. The van der Waals surface area contributed by atoms with Crippen molar-refractivity contribution in [3.8, 4) is 67.5 Å². The first kappa shape index (κ1) is 30.4. The molecule has 3 heterocycles. The molecule has 1 aliphatic rings. The molecule has 1 aliphatic heterocycles. The largest absolute Gasteiger partial charge is 0.455 e. The van der Waals surface area contributed by atoms with Crippen molar-refractivity contribution in [1.82, 2.24) is 15.0 Å². The Morgan fingerprint density at radius 2 is 0.981 bits per heavy atom. The number of nitrogens with zero attached hydrogens (tertiary/aromatic N) is 3. The molecular weight excluding hydrogens is 651 g/mol. The van der Waals surface area contributed by atoms with Crippen molar-refractivity contribution in [3.63, 3.8) is 0 Å². The van der Waals surface area contributed by atoms with E-state index in [1.807, 2.05) is 18.2 Å². The highest BCUT2D eigenvalue weighted by Gasteiger charge is 2.40. The Morgan fingerprint density at radius 1 is 0.423 bits per heavy atom. The fourth-order valence-corrected chi connectivity index (χ4v) is 11.0. The Hall–Kier alpha value is -6.43. The van der Waals surface area contributed by atoms with Crippen LogP contribution in [0.15, 0.2) is 168 Å². The molecule has 0 fully saturated rings. The lowest BCUT2D eigenvalue weighted by atomic mass is 9.98. The Bertz CT molecular complexity index is 2810. The first-order valence-corrected chi connectivity index (χ1v) is 20.7. The molecule has 0 saturated heterocycles. The van der Waals surface area contributed by atoms with Gasteiger partial charge in [0.05, 0.1) is 0 Å². The lowest BCUT2D eigenvalue weighted by molar-refractivity contribution is 0.670. The van der Waals surface area contributed by atoms with Crippen LogP contribution in [0.5, 0.6) is 0 Å². The predicted molar refractivity (Wildman–Crippen MR) is 216 cm³/mol. The molecule has 5 heteroatoms. The summed E-state index contributed by atoms with van der Waals surface area (Å²) in [4.78, 5) is 15.8. The Kier molecular flexibility index (Phi) is 6.91. The zero-order valence-corrected chi connectivity index (χ0v) is 29.8. The van der Waals surface area contributed by atoms with E-state index in [1.165, 1.54) is 27.1 Å². The van der Waals surface area contributed by atoms with Crippen LogP contribution in [-0.2, 0) is 0 Å². The van der Waals surface area contributed by atoms with Crippen LogP contribution in [0.2, 0.25) is 13.1 Å². The number of benzene rings is 7. The zero-order chi connectivity index (χ0) is 34.8. The first-order chi connectivity index (χ1) is 25.5. The molecule has 4 nitrogen and oxygen atoms in total. The molecule has 0 aliphatic carbocycles. The van der Waals surface area contributed by atoms with Gasteiger partial charge in [0, 0.05) is 33.0 Å². The van der Waals surface area contributed by atoms with E-state index in [1.54, 1.807) is 0 Å². The molecule has 10 rings (SSSR count). The molecule has 2 aromatic heterocycles. The van der Waals surface area contributed by atoms with Gasteiger partial charge in [0.25, 0.3) is 0 Å². The van der Waals surface area contributed by atoms with Gasteiger partial charge < -0.3 is 4.42 Å². The molecule has 9 aromatic rings. The number of fused-ring (bicyclic) bond motifs is 7. The highest BCUT2D eigenvalue weighted by atomic mass is 28.3. The number of rotatable bonds is 5. The third-order valence-electron chi connectivity index (χ3n) is 10.5. The highest BCUT2D eigenvalue weighted by Crippen LogP contribution is 2.43. The van der Waals surface area contributed by atoms with E-state index in [2.05, 4.69) is 159 Å². The van der Waals surface area contributed by atoms with Crippen LogP contribution < -0.4 is 10.4 Å². The minimum absolute atomic E-state index is 0.631. The van der Waals surface area contributed by atoms with Gasteiger partial charge in [-0.3, -0.25) is 0 Å². The topological polar surface area (TPSA) is 51.8 Å². The van der Waals surface area contributed by atoms with Gasteiger partial charge in [-0.25, -0.2) is 15.0 Å². The fraction of sp³-hybridized carbons (Fsp3) is 0.0426. The molecule has 0 spiro atoms. The molecule has 0 bridgehead atoms. The van der Waals surface area contributed by atoms with Crippen LogP contribution >= 0.6 is 0 Å². The molecule has 0 saturated carbocycles. The Morgan fingerprint density at radius 3 is 1.75 bits per heavy atom. The van der Waals surface area contributed by atoms with Crippen LogP contribution in [0.1, 0.15) is 0 Å². The molecule has 7 aromatic carbocycles. The molecule has 0 amide bonds. The van der Waals surface area contributed by atoms with Gasteiger partial charge in [0.15, 0.2) is 17.5 Å². The smallest absolute Gasteiger partial charge is 0.164 e. The van der Waals surface area contributed by atoms with Crippen LogP contribution in [0, 0.1) is 0 Å². The summed E-state index contributed by atoms with van der Waals surface area (Å²) in [5.41, 5.74) is 11.7. The maximum atomic E-state index is 6.81. The maximum absolute atomic E-state index is 6.81. The Balaban J connectivity index is 1.23. The van der Waals surface area contributed by atoms with E-state index >= 15 is 0 Å². The van der Waals surface area contributed by atoms with Crippen LogP contribution in [0.25, 0.3) is 89.5 Å². The number of para-hydroxylation sites is 1. The average Bonchev–Trinajstić information content (AvgIpc) is 3.71. The minimum atomic E-state index is -2.08. The third-order valence-corrected chi connectivity index (χ3v) is 14.1. The van der Waals surface area contributed by atoms with Gasteiger partial charge in [-0.1, -0.05) is 159 Å². The average molecular weight is 684 g/mol. The summed E-state index contributed by atoms with van der Waals surface area (Å²) < 4.78 is 6.81. The monoisotopic (exact) mass is 683 g/mol. The van der Waals surface area contributed by atoms with Crippen LogP contribution in [0.4, 0.5) is 0 Å². The first-order valence-electron chi connectivity index (χ1n) is 17.7. The van der Waals surface area contributed by atoms with Gasteiger partial charge in [0.1, 0.15) is 19.2 Å². The molecule has 0 atom stereocenters. The van der Waals surface area contributed by atoms with Gasteiger partial charge in [0.2, 0.25) is 0 Å². The van der Waals surface area contributed by atoms with E-state index < -0.39 is 8.07 Å². The van der Waals surface area contributed by atoms with E-state index in [0.29, 0.717) is 17.5 Å². The number of hydrogen-bond acceptors (Lipinski definition) is 4. The third kappa shape index (κ3) is 4.85. The van der Waals surface area contributed by atoms with Crippen LogP contribution in [-0.4, -0.2) is 23.0 Å². The molecule has 0 N–H and O–H groups in total. The summed E-state index contributed by atoms with van der Waals surface area (Å²) in [7, 11) is -2.08. The van der Waals surface area contributed by atoms with Crippen molar-refractivity contribution in [2.75, 3.05) is 0 Å².